The van der Waals surface area contributed by atoms with Crippen LogP contribution in [-0.2, 0) is 32.7 Å². The number of hydrogen-bond acceptors (Lipinski definition) is 11. The molecule has 15 heteroatoms. The fraction of sp³-hybridized carbons (Fsp3) is 0.562. The van der Waals surface area contributed by atoms with Crippen molar-refractivity contribution in [1.82, 2.24) is 19.5 Å². The number of ether oxygens (including phenoxy) is 2. The van der Waals surface area contributed by atoms with Gasteiger partial charge in [0.2, 0.25) is 5.91 Å². The first-order valence-corrected chi connectivity index (χ1v) is 10.7. The molecule has 1 unspecified atom stereocenters. The summed E-state index contributed by atoms with van der Waals surface area (Å²) >= 11 is 0. The summed E-state index contributed by atoms with van der Waals surface area (Å²) in [6, 6.07) is 0. The number of aromatic nitrogens is 4. The van der Waals surface area contributed by atoms with Gasteiger partial charge in [-0.1, -0.05) is 6.92 Å². The molecule has 4 heterocycles. The van der Waals surface area contributed by atoms with E-state index in [4.69, 9.17) is 14.0 Å². The van der Waals surface area contributed by atoms with Gasteiger partial charge in [0.15, 0.2) is 29.3 Å². The SMILES string of the molecule is CCCC(=O)Nc1ncnc2c1ncn2[C@@H]1O[C@@H]2COP(=O)([O-])O[C@H]2[C@H]1OC(C)=O.[Na+]. The van der Waals surface area contributed by atoms with Gasteiger partial charge in [0.05, 0.1) is 12.9 Å². The average molecular weight is 463 g/mol. The van der Waals surface area contributed by atoms with Crippen molar-refractivity contribution in [3.8, 4) is 0 Å². The number of nitrogens with zero attached hydrogens (tertiary/aromatic N) is 4. The summed E-state index contributed by atoms with van der Waals surface area (Å²) in [6.07, 6.45) is -0.335. The van der Waals surface area contributed by atoms with E-state index in [-0.39, 0.29) is 47.9 Å². The van der Waals surface area contributed by atoms with E-state index in [1.807, 2.05) is 6.92 Å². The number of carbonyl (C=O) groups excluding carboxylic acids is 2. The maximum absolute atomic E-state index is 11.9. The van der Waals surface area contributed by atoms with Gasteiger partial charge in [0, 0.05) is 13.3 Å². The molecule has 2 aromatic heterocycles. The van der Waals surface area contributed by atoms with Gasteiger partial charge in [0.25, 0.3) is 7.82 Å². The predicted molar refractivity (Wildman–Crippen MR) is 96.8 cm³/mol. The Morgan fingerprint density at radius 1 is 1.39 bits per heavy atom. The summed E-state index contributed by atoms with van der Waals surface area (Å²) in [7, 11) is -4.54. The quantitative estimate of drug-likeness (QED) is 0.278. The van der Waals surface area contributed by atoms with Crippen LogP contribution in [0.3, 0.4) is 0 Å². The van der Waals surface area contributed by atoms with Crippen molar-refractivity contribution in [3.63, 3.8) is 0 Å². The normalized spacial score (nSPS) is 29.8. The molecule has 162 valence electrons. The molecule has 0 saturated carbocycles. The molecule has 0 spiro atoms. The molecule has 2 aliphatic rings. The summed E-state index contributed by atoms with van der Waals surface area (Å²) in [4.78, 5) is 47.8. The fourth-order valence-corrected chi connectivity index (χ4v) is 4.35. The second kappa shape index (κ2) is 9.59. The first-order valence-electron chi connectivity index (χ1n) is 9.23. The third kappa shape index (κ3) is 4.99. The van der Waals surface area contributed by atoms with Crippen molar-refractivity contribution in [2.75, 3.05) is 11.9 Å². The number of hydrogen-bond donors (Lipinski definition) is 1. The van der Waals surface area contributed by atoms with E-state index in [0.29, 0.717) is 24.0 Å². The van der Waals surface area contributed by atoms with Gasteiger partial charge in [-0.15, -0.1) is 0 Å². The number of phosphoric ester groups is 1. The maximum atomic E-state index is 11.9. The van der Waals surface area contributed by atoms with Crippen molar-refractivity contribution in [3.05, 3.63) is 12.7 Å². The smallest absolute Gasteiger partial charge is 0.756 e. The van der Waals surface area contributed by atoms with Crippen molar-refractivity contribution >= 4 is 36.7 Å². The van der Waals surface area contributed by atoms with Crippen LogP contribution in [0.2, 0.25) is 0 Å². The monoisotopic (exact) mass is 463 g/mol. The van der Waals surface area contributed by atoms with Crippen molar-refractivity contribution in [1.29, 1.82) is 0 Å². The number of imidazole rings is 1. The van der Waals surface area contributed by atoms with Crippen LogP contribution in [0.1, 0.15) is 32.9 Å². The number of rotatable bonds is 5. The first kappa shape index (κ1) is 24.2. The molecule has 2 aliphatic heterocycles. The van der Waals surface area contributed by atoms with Gasteiger partial charge >= 0.3 is 35.5 Å². The second-order valence-electron chi connectivity index (χ2n) is 6.80. The van der Waals surface area contributed by atoms with Gasteiger partial charge in [-0.3, -0.25) is 18.7 Å². The molecular formula is C16H19N5NaO8P. The third-order valence-corrected chi connectivity index (χ3v) is 5.57. The van der Waals surface area contributed by atoms with Crippen LogP contribution in [0.15, 0.2) is 12.7 Å². The Kier molecular flexibility index (Phi) is 7.49. The van der Waals surface area contributed by atoms with Crippen molar-refractivity contribution < 1.29 is 67.1 Å². The number of nitrogens with one attached hydrogen (secondary N) is 1. The molecule has 0 bridgehead atoms. The summed E-state index contributed by atoms with van der Waals surface area (Å²) < 4.78 is 34.1. The molecule has 5 atom stereocenters. The van der Waals surface area contributed by atoms with Crippen LogP contribution in [0.5, 0.6) is 0 Å². The Bertz CT molecular complexity index is 1030. The summed E-state index contributed by atoms with van der Waals surface area (Å²) in [5.41, 5.74) is 0.595. The van der Waals surface area contributed by atoms with E-state index in [2.05, 4.69) is 24.8 Å². The number of esters is 1. The average Bonchev–Trinajstić information content (AvgIpc) is 3.23. The number of amides is 1. The largest absolute Gasteiger partial charge is 1.00 e. The molecule has 0 aromatic carbocycles. The minimum atomic E-state index is -4.54. The molecule has 2 fully saturated rings. The minimum absolute atomic E-state index is 0. The Morgan fingerprint density at radius 2 is 2.16 bits per heavy atom. The maximum Gasteiger partial charge on any atom is 1.00 e. The zero-order valence-corrected chi connectivity index (χ0v) is 20.0. The van der Waals surface area contributed by atoms with E-state index in [1.165, 1.54) is 24.1 Å². The molecule has 0 aliphatic carbocycles. The van der Waals surface area contributed by atoms with E-state index in [1.54, 1.807) is 0 Å². The van der Waals surface area contributed by atoms with Crippen LogP contribution in [0.4, 0.5) is 5.82 Å². The molecule has 2 aromatic rings. The van der Waals surface area contributed by atoms with E-state index in [9.17, 15) is 19.0 Å². The third-order valence-electron chi connectivity index (χ3n) is 4.60. The van der Waals surface area contributed by atoms with Crippen molar-refractivity contribution in [2.24, 2.45) is 0 Å². The number of anilines is 1. The Labute approximate surface area is 198 Å². The fourth-order valence-electron chi connectivity index (χ4n) is 3.41. The van der Waals surface area contributed by atoms with E-state index < -0.39 is 38.3 Å². The summed E-state index contributed by atoms with van der Waals surface area (Å²) in [5.74, 6) is -0.637. The van der Waals surface area contributed by atoms with Crippen LogP contribution >= 0.6 is 7.82 Å². The van der Waals surface area contributed by atoms with E-state index in [0.717, 1.165) is 0 Å². The molecule has 1 amide bonds. The van der Waals surface area contributed by atoms with Crippen LogP contribution < -0.4 is 39.8 Å². The van der Waals surface area contributed by atoms with Gasteiger partial charge < -0.3 is 28.7 Å². The first-order chi connectivity index (χ1) is 14.3. The van der Waals surface area contributed by atoms with Crippen LogP contribution in [-0.4, -0.2) is 56.3 Å². The van der Waals surface area contributed by atoms with Crippen molar-refractivity contribution in [2.45, 2.75) is 51.2 Å². The number of carbonyl (C=O) groups is 2. The van der Waals surface area contributed by atoms with Crippen LogP contribution in [0, 0.1) is 0 Å². The molecule has 2 saturated heterocycles. The molecule has 31 heavy (non-hydrogen) atoms. The van der Waals surface area contributed by atoms with Gasteiger partial charge in [0.1, 0.15) is 18.5 Å². The zero-order valence-electron chi connectivity index (χ0n) is 17.1. The molecule has 4 rings (SSSR count). The Hall–Kier alpha value is -1.44. The standard InChI is InChI=1S/C16H20N5O8P.Na/c1-3-4-10(23)20-14-11-15(18-6-17-14)21(7-19-11)16-13(27-8(2)22)12-9(28-16)5-26-30(24,25)29-12;/h6-7,9,12-13,16H,3-5H2,1-2H3,(H,24,25)(H,17,18,20,23);/q;+1/p-1/t9-,12-,13-,16-;/m1./s1. The minimum Gasteiger partial charge on any atom is -0.756 e. The zero-order chi connectivity index (χ0) is 21.5. The topological polar surface area (TPSA) is 167 Å². The summed E-state index contributed by atoms with van der Waals surface area (Å²) in [6.45, 7) is 2.79. The Morgan fingerprint density at radius 3 is 2.87 bits per heavy atom. The number of fused-ring (bicyclic) bond motifs is 2. The van der Waals surface area contributed by atoms with Crippen LogP contribution in [0.25, 0.3) is 11.2 Å². The molecule has 1 N–H and O–H groups in total. The summed E-state index contributed by atoms with van der Waals surface area (Å²) in [5, 5.41) is 2.68. The second-order valence-corrected chi connectivity index (χ2v) is 8.16. The molecule has 13 nitrogen and oxygen atoms in total. The van der Waals surface area contributed by atoms with E-state index >= 15 is 0 Å². The molecule has 0 radical (unpaired) electrons. The van der Waals surface area contributed by atoms with Gasteiger partial charge in [-0.2, -0.15) is 0 Å². The number of phosphoric acid groups is 1. The van der Waals surface area contributed by atoms with Gasteiger partial charge in [-0.25, -0.2) is 15.0 Å². The molecular weight excluding hydrogens is 444 g/mol. The Balaban J connectivity index is 0.00000272. The predicted octanol–water partition coefficient (Wildman–Crippen LogP) is -2.72. The van der Waals surface area contributed by atoms with Gasteiger partial charge in [-0.05, 0) is 6.42 Å².